The van der Waals surface area contributed by atoms with Crippen LogP contribution >= 0.6 is 0 Å². The third-order valence-corrected chi connectivity index (χ3v) is 14.7. The van der Waals surface area contributed by atoms with E-state index < -0.39 is 59.7 Å². The molecule has 0 radical (unpaired) electrons. The molecule has 2 unspecified atom stereocenters. The van der Waals surface area contributed by atoms with Gasteiger partial charge in [0.15, 0.2) is 0 Å². The fraction of sp³-hybridized carbons (Fsp3) is 0.490. The molecule has 7 amide bonds. The lowest BCUT2D eigenvalue weighted by molar-refractivity contribution is -0.145. The lowest BCUT2D eigenvalue weighted by Crippen LogP contribution is -2.60. The molecule has 4 aromatic rings. The van der Waals surface area contributed by atoms with Gasteiger partial charge in [-0.05, 0) is 111 Å². The lowest BCUT2D eigenvalue weighted by atomic mass is 9.77. The Morgan fingerprint density at radius 2 is 1.49 bits per heavy atom. The number of fused-ring (bicyclic) bond motifs is 2. The first-order chi connectivity index (χ1) is 32.8. The summed E-state index contributed by atoms with van der Waals surface area (Å²) in [6.45, 7) is 0.439. The van der Waals surface area contributed by atoms with Crippen LogP contribution in [0.15, 0.2) is 83.7 Å². The predicted octanol–water partition coefficient (Wildman–Crippen LogP) is 3.34. The van der Waals surface area contributed by atoms with Crippen molar-refractivity contribution < 1.29 is 33.6 Å². The van der Waals surface area contributed by atoms with Crippen molar-refractivity contribution in [3.63, 3.8) is 0 Å². The first-order valence-electron chi connectivity index (χ1n) is 24.2. The highest BCUT2D eigenvalue weighted by Crippen LogP contribution is 2.39. The second-order valence-corrected chi connectivity index (χ2v) is 19.1. The van der Waals surface area contributed by atoms with E-state index in [1.165, 1.54) is 4.57 Å². The van der Waals surface area contributed by atoms with Crippen molar-refractivity contribution in [2.24, 2.45) is 24.4 Å². The quantitative estimate of drug-likeness (QED) is 0.110. The van der Waals surface area contributed by atoms with Crippen molar-refractivity contribution in [1.82, 2.24) is 34.9 Å². The Labute approximate surface area is 395 Å². The monoisotopic (exact) mass is 929 g/mol. The van der Waals surface area contributed by atoms with Gasteiger partial charge in [0, 0.05) is 45.4 Å². The molecule has 3 aromatic carbocycles. The van der Waals surface area contributed by atoms with Gasteiger partial charge in [-0.3, -0.25) is 48.0 Å². The molecule has 1 aliphatic carbocycles. The number of nitrogens with two attached hydrogens (primary N) is 2. The second kappa shape index (κ2) is 21.1. The first kappa shape index (κ1) is 47.9. The Hall–Kier alpha value is -6.62. The van der Waals surface area contributed by atoms with E-state index in [1.807, 2.05) is 72.8 Å². The summed E-state index contributed by atoms with van der Waals surface area (Å²) in [5, 5.41) is 8.27. The van der Waals surface area contributed by atoms with Crippen molar-refractivity contribution >= 4 is 52.4 Å². The molecule has 1 aromatic heterocycles. The van der Waals surface area contributed by atoms with Gasteiger partial charge >= 0.3 is 5.69 Å². The molecular formula is C51H63N9O8. The summed E-state index contributed by atoms with van der Waals surface area (Å²) in [7, 11) is 1.71. The zero-order valence-electron chi connectivity index (χ0n) is 38.6. The highest BCUT2D eigenvalue weighted by molar-refractivity contribution is 6.00. The molecule has 4 aliphatic rings. The summed E-state index contributed by atoms with van der Waals surface area (Å²) in [4.78, 5) is 108. The molecule has 17 nitrogen and oxygen atoms in total. The van der Waals surface area contributed by atoms with Crippen LogP contribution in [0.5, 0.6) is 0 Å². The number of nitrogens with zero attached hydrogens (tertiary/aromatic N) is 4. The SMILES string of the molecule is Cn1c(=O)n(C2CCC(=O)NC2=O)c2ccc(C3CCC(CCCC(=O)N4CCC5CC[C@@H](C(=O)N[C@@H](CCC(N)=O)C(=O)NC(c6ccccc6)c6ccccc6)N5C(=O)[C@@H](N)C4)CC3)cc21. The normalized spacial score (nSPS) is 23.7. The largest absolute Gasteiger partial charge is 0.370 e. The molecule has 1 saturated carbocycles. The molecule has 8 rings (SSSR count). The number of primary amides is 1. The number of carbonyl (C=O) groups is 7. The van der Waals surface area contributed by atoms with Crippen LogP contribution in [-0.2, 0) is 40.6 Å². The van der Waals surface area contributed by atoms with Gasteiger partial charge < -0.3 is 31.9 Å². The minimum atomic E-state index is -1.10. The summed E-state index contributed by atoms with van der Waals surface area (Å²) in [5.41, 5.74) is 16.0. The summed E-state index contributed by atoms with van der Waals surface area (Å²) in [6, 6.07) is 20.3. The molecule has 68 heavy (non-hydrogen) atoms. The smallest absolute Gasteiger partial charge is 0.329 e. The maximum Gasteiger partial charge on any atom is 0.329 e. The average Bonchev–Trinajstić information content (AvgIpc) is 3.87. The van der Waals surface area contributed by atoms with Crippen molar-refractivity contribution in [1.29, 1.82) is 0 Å². The summed E-state index contributed by atoms with van der Waals surface area (Å²) >= 11 is 0. The molecule has 7 N–H and O–H groups in total. The van der Waals surface area contributed by atoms with Gasteiger partial charge in [-0.2, -0.15) is 0 Å². The van der Waals surface area contributed by atoms with E-state index in [-0.39, 0.29) is 55.8 Å². The Bertz CT molecular complexity index is 2550. The standard InChI is InChI=1S/C51H63N9O8/c1-57-42-29-35(19-22-39(42)60(51(57)68)41-24-26-44(62)55-49(41)66)32-17-15-31(16-18-32)9-8-14-45(63)58-28-27-36-20-23-40(59(36)50(67)37(52)30-58)48(65)54-38(21-25-43(53)61)47(64)56-46(33-10-4-2-5-11-33)34-12-6-3-7-13-34/h2-7,10-13,19,22,29,31-32,36-38,40-41,46H,8-9,14-18,20-21,23-28,30,52H2,1H3,(H2,53,61)(H,54,65)(H,56,64)(H,55,62,66)/t31?,32?,36?,37-,38-,40-,41?/m0/s1. The van der Waals surface area contributed by atoms with Crippen LogP contribution in [-0.4, -0.2) is 97.5 Å². The molecule has 5 atom stereocenters. The van der Waals surface area contributed by atoms with E-state index in [1.54, 1.807) is 21.4 Å². The number of piperidine rings is 1. The molecule has 360 valence electrons. The second-order valence-electron chi connectivity index (χ2n) is 19.1. The Morgan fingerprint density at radius 3 is 2.15 bits per heavy atom. The van der Waals surface area contributed by atoms with E-state index >= 15 is 0 Å². The Balaban J connectivity index is 0.824. The van der Waals surface area contributed by atoms with E-state index in [0.717, 1.165) is 60.7 Å². The molecular weight excluding hydrogens is 867 g/mol. The predicted molar refractivity (Wildman–Crippen MR) is 253 cm³/mol. The van der Waals surface area contributed by atoms with E-state index in [4.69, 9.17) is 11.5 Å². The van der Waals surface area contributed by atoms with Gasteiger partial charge in [-0.25, -0.2) is 4.79 Å². The van der Waals surface area contributed by atoms with Gasteiger partial charge in [-0.15, -0.1) is 0 Å². The van der Waals surface area contributed by atoms with Crippen molar-refractivity contribution in [3.8, 4) is 0 Å². The molecule has 0 bridgehead atoms. The third kappa shape index (κ3) is 10.6. The number of rotatable bonds is 15. The number of aryl methyl sites for hydroxylation is 1. The molecule has 3 saturated heterocycles. The zero-order chi connectivity index (χ0) is 48.1. The summed E-state index contributed by atoms with van der Waals surface area (Å²) in [5.74, 6) is -2.05. The van der Waals surface area contributed by atoms with Gasteiger partial charge in [0.1, 0.15) is 24.2 Å². The maximum atomic E-state index is 14.0. The van der Waals surface area contributed by atoms with Gasteiger partial charge in [-0.1, -0.05) is 66.7 Å². The minimum Gasteiger partial charge on any atom is -0.370 e. The zero-order valence-corrected chi connectivity index (χ0v) is 38.6. The van der Waals surface area contributed by atoms with Crippen molar-refractivity contribution in [3.05, 3.63) is 106 Å². The number of imidazole rings is 1. The lowest BCUT2D eigenvalue weighted by Gasteiger charge is -2.38. The first-order valence-corrected chi connectivity index (χ1v) is 24.2. The Kier molecular flexibility index (Phi) is 14.9. The van der Waals surface area contributed by atoms with Crippen molar-refractivity contribution in [2.75, 3.05) is 13.1 Å². The Morgan fingerprint density at radius 1 is 0.794 bits per heavy atom. The number of imide groups is 1. The number of carbonyl (C=O) groups excluding carboxylic acids is 7. The fourth-order valence-electron chi connectivity index (χ4n) is 11.0. The number of hydrogen-bond acceptors (Lipinski definition) is 9. The van der Waals surface area contributed by atoms with Crippen LogP contribution in [0.1, 0.15) is 125 Å². The van der Waals surface area contributed by atoms with Gasteiger partial charge in [0.05, 0.1) is 17.1 Å². The van der Waals surface area contributed by atoms with Crippen LogP contribution in [0.2, 0.25) is 0 Å². The highest BCUT2D eigenvalue weighted by Gasteiger charge is 2.45. The van der Waals surface area contributed by atoms with Crippen LogP contribution in [0.4, 0.5) is 0 Å². The van der Waals surface area contributed by atoms with E-state index in [2.05, 4.69) is 22.0 Å². The number of aromatic nitrogens is 2. The molecule has 3 aliphatic heterocycles. The van der Waals surface area contributed by atoms with Gasteiger partial charge in [0.2, 0.25) is 41.4 Å². The highest BCUT2D eigenvalue weighted by atomic mass is 16.2. The number of hydrogen-bond donors (Lipinski definition) is 5. The summed E-state index contributed by atoms with van der Waals surface area (Å²) in [6.07, 6.45) is 7.65. The topological polar surface area (TPSA) is 241 Å². The van der Waals surface area contributed by atoms with E-state index in [9.17, 15) is 38.4 Å². The summed E-state index contributed by atoms with van der Waals surface area (Å²) < 4.78 is 3.08. The molecule has 4 heterocycles. The van der Waals surface area contributed by atoms with Crippen LogP contribution in [0, 0.1) is 5.92 Å². The van der Waals surface area contributed by atoms with Crippen LogP contribution in [0.25, 0.3) is 11.0 Å². The third-order valence-electron chi connectivity index (χ3n) is 14.7. The van der Waals surface area contributed by atoms with Crippen LogP contribution < -0.4 is 33.1 Å². The van der Waals surface area contributed by atoms with Gasteiger partial charge in [0.25, 0.3) is 0 Å². The molecule has 0 spiro atoms. The number of nitrogens with one attached hydrogen (secondary N) is 3. The average molecular weight is 930 g/mol. The minimum absolute atomic E-state index is 0.0293. The molecule has 4 fully saturated rings. The number of amides is 7. The van der Waals surface area contributed by atoms with Crippen molar-refractivity contribution in [2.45, 2.75) is 132 Å². The molecule has 17 heteroatoms. The number of benzene rings is 3. The maximum absolute atomic E-state index is 14.0. The van der Waals surface area contributed by atoms with Crippen LogP contribution in [0.3, 0.4) is 0 Å². The van der Waals surface area contributed by atoms with E-state index in [0.29, 0.717) is 49.6 Å². The fourth-order valence-corrected chi connectivity index (χ4v) is 11.0.